The van der Waals surface area contributed by atoms with Gasteiger partial charge in [-0.1, -0.05) is 6.07 Å². The molecule has 196 valence electrons. The van der Waals surface area contributed by atoms with Gasteiger partial charge in [-0.05, 0) is 43.2 Å². The number of hydrogen-bond donors (Lipinski definition) is 3. The van der Waals surface area contributed by atoms with Gasteiger partial charge in [-0.3, -0.25) is 9.48 Å². The molecular weight excluding hydrogens is 493 g/mol. The molecule has 2 aromatic carbocycles. The average molecular weight is 520 g/mol. The topological polar surface area (TPSA) is 134 Å². The zero-order chi connectivity index (χ0) is 27.0. The number of nitrogens with one attached hydrogen (secondary N) is 2. The van der Waals surface area contributed by atoms with E-state index in [4.69, 9.17) is 9.84 Å². The van der Waals surface area contributed by atoms with Gasteiger partial charge in [-0.2, -0.15) is 5.10 Å². The van der Waals surface area contributed by atoms with Crippen LogP contribution in [0.5, 0.6) is 5.75 Å². The smallest absolute Gasteiger partial charge is 0.404 e. The van der Waals surface area contributed by atoms with Gasteiger partial charge in [-0.25, -0.2) is 19.2 Å². The molecule has 0 bridgehead atoms. The fourth-order valence-electron chi connectivity index (χ4n) is 4.83. The Balaban J connectivity index is 1.52. The maximum absolute atomic E-state index is 14.6. The van der Waals surface area contributed by atoms with E-state index in [1.54, 1.807) is 10.7 Å². The molecule has 11 nitrogen and oxygen atoms in total. The van der Waals surface area contributed by atoms with Gasteiger partial charge in [0, 0.05) is 37.9 Å². The Morgan fingerprint density at radius 2 is 2.08 bits per heavy atom. The summed E-state index contributed by atoms with van der Waals surface area (Å²) in [5, 5.41) is 20.0. The summed E-state index contributed by atoms with van der Waals surface area (Å²) >= 11 is 0. The lowest BCUT2D eigenvalue weighted by atomic mass is 10.1. The van der Waals surface area contributed by atoms with E-state index >= 15 is 0 Å². The molecule has 1 unspecified atom stereocenters. The maximum Gasteiger partial charge on any atom is 0.404 e. The van der Waals surface area contributed by atoms with Gasteiger partial charge in [-0.15, -0.1) is 0 Å². The van der Waals surface area contributed by atoms with Crippen LogP contribution in [-0.2, 0) is 7.05 Å². The number of rotatable bonds is 6. The first kappa shape index (κ1) is 24.9. The summed E-state index contributed by atoms with van der Waals surface area (Å²) in [5.74, 6) is -0.803. The second-order valence-corrected chi connectivity index (χ2v) is 9.07. The van der Waals surface area contributed by atoms with Crippen LogP contribution in [0, 0.1) is 12.7 Å². The zero-order valence-electron chi connectivity index (χ0n) is 21.0. The molecule has 0 aliphatic carbocycles. The minimum Gasteiger partial charge on any atom is -0.496 e. The molecule has 1 atom stereocenters. The van der Waals surface area contributed by atoms with Crippen molar-refractivity contribution in [3.63, 3.8) is 0 Å². The first-order chi connectivity index (χ1) is 18.2. The number of ether oxygens (including phenoxy) is 1. The molecule has 0 saturated carbocycles. The van der Waals surface area contributed by atoms with E-state index in [1.807, 2.05) is 31.1 Å². The Kier molecular flexibility index (Phi) is 6.53. The normalized spacial score (nSPS) is 15.1. The monoisotopic (exact) mass is 519 g/mol. The van der Waals surface area contributed by atoms with Gasteiger partial charge in [0.05, 0.1) is 35.6 Å². The van der Waals surface area contributed by atoms with Gasteiger partial charge >= 0.3 is 6.09 Å². The fraction of sp³-hybridized carbons (Fsp3) is 0.269. The van der Waals surface area contributed by atoms with Crippen LogP contribution >= 0.6 is 0 Å². The Hall–Kier alpha value is -4.74. The third-order valence-electron chi connectivity index (χ3n) is 6.46. The van der Waals surface area contributed by atoms with Gasteiger partial charge < -0.3 is 25.4 Å². The van der Waals surface area contributed by atoms with Crippen molar-refractivity contribution in [3.8, 4) is 17.1 Å². The minimum absolute atomic E-state index is 0.0221. The van der Waals surface area contributed by atoms with Crippen molar-refractivity contribution in [2.45, 2.75) is 19.4 Å². The minimum atomic E-state index is -1.08. The molecule has 3 N–H and O–H groups in total. The number of carbonyl (C=O) groups excluding carboxylic acids is 1. The van der Waals surface area contributed by atoms with Crippen molar-refractivity contribution >= 4 is 34.3 Å². The Labute approximate surface area is 217 Å². The average Bonchev–Trinajstić information content (AvgIpc) is 3.50. The number of fused-ring (bicyclic) bond motifs is 1. The van der Waals surface area contributed by atoms with Crippen molar-refractivity contribution in [2.24, 2.45) is 7.05 Å². The standard InChI is InChI=1S/C26H26FN7O4/c1-14-11-19(23(16-13-33(2)32-22(14)16)34-10-8-15(12-34)29-26(36)37)31-25(35)18-7-9-28-24(30-18)21-17(27)5-4-6-20(21)38-3/h4-7,9,11,13,15,29H,8,10,12H2,1-3H3,(H,31,35)(H,36,37). The number of nitrogens with zero attached hydrogens (tertiary/aromatic N) is 5. The first-order valence-corrected chi connectivity index (χ1v) is 11.9. The van der Waals surface area contributed by atoms with Crippen molar-refractivity contribution in [1.29, 1.82) is 0 Å². The molecule has 2 amide bonds. The molecule has 12 heteroatoms. The van der Waals surface area contributed by atoms with Crippen LogP contribution in [0.1, 0.15) is 22.5 Å². The highest BCUT2D eigenvalue weighted by Crippen LogP contribution is 2.38. The molecule has 1 fully saturated rings. The van der Waals surface area contributed by atoms with Crippen molar-refractivity contribution < 1.29 is 23.8 Å². The van der Waals surface area contributed by atoms with Gasteiger partial charge in [0.25, 0.3) is 5.91 Å². The predicted octanol–water partition coefficient (Wildman–Crippen LogP) is 3.59. The largest absolute Gasteiger partial charge is 0.496 e. The SMILES string of the molecule is COc1cccc(F)c1-c1nccc(C(=O)Nc2cc(C)c3nn(C)cc3c2N2CCC(NC(=O)O)C2)n1. The third-order valence-corrected chi connectivity index (χ3v) is 6.46. The van der Waals surface area contributed by atoms with Crippen molar-refractivity contribution in [1.82, 2.24) is 25.1 Å². The van der Waals surface area contributed by atoms with Gasteiger partial charge in [0.1, 0.15) is 17.3 Å². The second kappa shape index (κ2) is 9.96. The van der Waals surface area contributed by atoms with Crippen LogP contribution in [0.3, 0.4) is 0 Å². The van der Waals surface area contributed by atoms with E-state index in [0.717, 1.165) is 22.2 Å². The number of halogens is 1. The second-order valence-electron chi connectivity index (χ2n) is 9.07. The zero-order valence-corrected chi connectivity index (χ0v) is 21.0. The summed E-state index contributed by atoms with van der Waals surface area (Å²) in [7, 11) is 3.24. The van der Waals surface area contributed by atoms with Crippen LogP contribution < -0.4 is 20.3 Å². The Morgan fingerprint density at radius 1 is 1.26 bits per heavy atom. The van der Waals surface area contributed by atoms with Crippen LogP contribution in [0.2, 0.25) is 0 Å². The predicted molar refractivity (Wildman–Crippen MR) is 139 cm³/mol. The molecule has 0 radical (unpaired) electrons. The lowest BCUT2D eigenvalue weighted by molar-refractivity contribution is 0.102. The number of hydrogen-bond acceptors (Lipinski definition) is 7. The first-order valence-electron chi connectivity index (χ1n) is 11.9. The van der Waals surface area contributed by atoms with E-state index in [9.17, 15) is 14.0 Å². The van der Waals surface area contributed by atoms with Crippen molar-refractivity contribution in [3.05, 3.63) is 59.8 Å². The fourth-order valence-corrected chi connectivity index (χ4v) is 4.83. The lowest BCUT2D eigenvalue weighted by Gasteiger charge is -2.24. The number of benzene rings is 2. The number of aryl methyl sites for hydroxylation is 2. The number of aromatic nitrogens is 4. The molecule has 1 aliphatic rings. The molecule has 1 saturated heterocycles. The van der Waals surface area contributed by atoms with E-state index in [1.165, 1.54) is 31.5 Å². The Bertz CT molecular complexity index is 1550. The van der Waals surface area contributed by atoms with E-state index < -0.39 is 17.8 Å². The number of amides is 2. The van der Waals surface area contributed by atoms with E-state index in [-0.39, 0.29) is 28.9 Å². The number of carbonyl (C=O) groups is 2. The highest BCUT2D eigenvalue weighted by Gasteiger charge is 2.29. The summed E-state index contributed by atoms with van der Waals surface area (Å²) in [6.07, 6.45) is 2.81. The number of anilines is 2. The molecule has 3 heterocycles. The van der Waals surface area contributed by atoms with Crippen molar-refractivity contribution in [2.75, 3.05) is 30.4 Å². The molecule has 5 rings (SSSR count). The molecular formula is C26H26FN7O4. The van der Waals surface area contributed by atoms with Crippen LogP contribution in [-0.4, -0.2) is 63.1 Å². The quantitative estimate of drug-likeness (QED) is 0.352. The van der Waals surface area contributed by atoms with Crippen LogP contribution in [0.4, 0.5) is 20.6 Å². The highest BCUT2D eigenvalue weighted by molar-refractivity contribution is 6.09. The third kappa shape index (κ3) is 4.67. The lowest BCUT2D eigenvalue weighted by Crippen LogP contribution is -2.36. The molecule has 0 spiro atoms. The van der Waals surface area contributed by atoms with Gasteiger partial charge in [0.15, 0.2) is 5.82 Å². The van der Waals surface area contributed by atoms with E-state index in [2.05, 4.69) is 25.7 Å². The summed E-state index contributed by atoms with van der Waals surface area (Å²) in [6, 6.07) is 7.42. The number of methoxy groups -OCH3 is 1. The summed E-state index contributed by atoms with van der Waals surface area (Å²) < 4.78 is 21.6. The molecule has 1 aliphatic heterocycles. The summed E-state index contributed by atoms with van der Waals surface area (Å²) in [6.45, 7) is 2.93. The molecule has 4 aromatic rings. The maximum atomic E-state index is 14.6. The Morgan fingerprint density at radius 3 is 2.84 bits per heavy atom. The van der Waals surface area contributed by atoms with E-state index in [0.29, 0.717) is 25.2 Å². The van der Waals surface area contributed by atoms with Crippen LogP contribution in [0.25, 0.3) is 22.3 Å². The number of carboxylic acid groups (broad SMARTS) is 1. The highest BCUT2D eigenvalue weighted by atomic mass is 19.1. The molecule has 38 heavy (non-hydrogen) atoms. The van der Waals surface area contributed by atoms with Gasteiger partial charge in [0.2, 0.25) is 0 Å². The summed E-state index contributed by atoms with van der Waals surface area (Å²) in [4.78, 5) is 35.1. The summed E-state index contributed by atoms with van der Waals surface area (Å²) in [5.41, 5.74) is 3.03. The van der Waals surface area contributed by atoms with Crippen LogP contribution in [0.15, 0.2) is 42.7 Å². The molecule has 2 aromatic heterocycles.